The molecule has 2 nitrogen and oxygen atoms in total. The molecule has 1 aliphatic carbocycles. The minimum atomic E-state index is -1.85. The van der Waals surface area contributed by atoms with E-state index in [1.807, 2.05) is 36.4 Å². The van der Waals surface area contributed by atoms with Gasteiger partial charge in [0, 0.05) is 0 Å². The molecule has 0 amide bonds. The predicted octanol–water partition coefficient (Wildman–Crippen LogP) is 5.64. The first-order chi connectivity index (χ1) is 11.6. The number of hydrogen-bond acceptors (Lipinski definition) is 2. The summed E-state index contributed by atoms with van der Waals surface area (Å²) in [6.45, 7) is 11.3. The summed E-state index contributed by atoms with van der Waals surface area (Å²) in [5, 5.41) is 11.6. The number of aliphatic hydroxyl groups is 1. The normalized spacial score (nSPS) is 20.9. The highest BCUT2D eigenvalue weighted by molar-refractivity contribution is 6.74. The van der Waals surface area contributed by atoms with Crippen LogP contribution in [0.3, 0.4) is 0 Å². The van der Waals surface area contributed by atoms with Gasteiger partial charge in [-0.1, -0.05) is 57.2 Å². The molecule has 1 unspecified atom stereocenters. The highest BCUT2D eigenvalue weighted by Gasteiger charge is 2.40. The quantitative estimate of drug-likeness (QED) is 0.722. The van der Waals surface area contributed by atoms with Crippen molar-refractivity contribution in [3.8, 4) is 5.75 Å². The Balaban J connectivity index is 1.96. The molecule has 0 fully saturated rings. The van der Waals surface area contributed by atoms with Crippen LogP contribution in [0.15, 0.2) is 48.5 Å². The van der Waals surface area contributed by atoms with Crippen LogP contribution in [0, 0.1) is 0 Å². The number of aryl methyl sites for hydroxylation is 1. The van der Waals surface area contributed by atoms with Gasteiger partial charge in [0.2, 0.25) is 8.32 Å². The third-order valence-electron chi connectivity index (χ3n) is 5.94. The van der Waals surface area contributed by atoms with Gasteiger partial charge in [0.05, 0.1) is 0 Å². The summed E-state index contributed by atoms with van der Waals surface area (Å²) in [6, 6.07) is 16.3. The van der Waals surface area contributed by atoms with E-state index in [0.717, 1.165) is 36.1 Å². The molecular formula is C22H30O2Si. The second-order valence-electron chi connectivity index (χ2n) is 8.76. The molecule has 1 N–H and O–H groups in total. The van der Waals surface area contributed by atoms with Gasteiger partial charge in [0.25, 0.3) is 0 Å². The van der Waals surface area contributed by atoms with Crippen molar-refractivity contribution in [1.82, 2.24) is 0 Å². The number of hydrogen-bond donors (Lipinski definition) is 1. The van der Waals surface area contributed by atoms with Crippen molar-refractivity contribution >= 4 is 8.32 Å². The average molecular weight is 355 g/mol. The van der Waals surface area contributed by atoms with Crippen LogP contribution in [-0.2, 0) is 12.0 Å². The molecule has 0 heterocycles. The topological polar surface area (TPSA) is 29.5 Å². The van der Waals surface area contributed by atoms with E-state index in [0.29, 0.717) is 0 Å². The van der Waals surface area contributed by atoms with Crippen LogP contribution < -0.4 is 4.43 Å². The van der Waals surface area contributed by atoms with Gasteiger partial charge in [-0.2, -0.15) is 0 Å². The first-order valence-electron chi connectivity index (χ1n) is 9.24. The molecule has 0 bridgehead atoms. The molecule has 0 aromatic heterocycles. The van der Waals surface area contributed by atoms with E-state index in [9.17, 15) is 5.11 Å². The van der Waals surface area contributed by atoms with Gasteiger partial charge in [-0.15, -0.1) is 0 Å². The lowest BCUT2D eigenvalue weighted by Crippen LogP contribution is -2.44. The smallest absolute Gasteiger partial charge is 0.250 e. The minimum Gasteiger partial charge on any atom is -0.543 e. The van der Waals surface area contributed by atoms with Crippen LogP contribution in [-0.4, -0.2) is 13.4 Å². The largest absolute Gasteiger partial charge is 0.543 e. The van der Waals surface area contributed by atoms with E-state index >= 15 is 0 Å². The maximum absolute atomic E-state index is 11.4. The molecule has 25 heavy (non-hydrogen) atoms. The summed E-state index contributed by atoms with van der Waals surface area (Å²) in [7, 11) is -1.85. The second-order valence-corrected chi connectivity index (χ2v) is 13.5. The third-order valence-corrected chi connectivity index (χ3v) is 10.3. The van der Waals surface area contributed by atoms with Gasteiger partial charge in [-0.25, -0.2) is 0 Å². The minimum absolute atomic E-state index is 0.174. The van der Waals surface area contributed by atoms with Crippen LogP contribution in [0.2, 0.25) is 18.1 Å². The first kappa shape index (κ1) is 18.2. The standard InChI is InChI=1S/C22H30O2Si/c1-21(2,3)25(4,5)24-19-13-14-20-17(16-19)10-9-15-22(20,23)18-11-7-6-8-12-18/h6-8,11-14,16,23H,9-10,15H2,1-5H3. The SMILES string of the molecule is CC(C)(C)[Si](C)(C)Oc1ccc2c(c1)CCCC2(O)c1ccccc1. The van der Waals surface area contributed by atoms with Gasteiger partial charge in [0.1, 0.15) is 11.4 Å². The average Bonchev–Trinajstić information content (AvgIpc) is 2.54. The zero-order valence-corrected chi connectivity index (χ0v) is 17.1. The Hall–Kier alpha value is -1.58. The van der Waals surface area contributed by atoms with Crippen molar-refractivity contribution in [2.24, 2.45) is 0 Å². The van der Waals surface area contributed by atoms with Gasteiger partial charge in [-0.05, 0) is 66.2 Å². The van der Waals surface area contributed by atoms with Gasteiger partial charge in [0.15, 0.2) is 0 Å². The van der Waals surface area contributed by atoms with Crippen molar-refractivity contribution in [2.75, 3.05) is 0 Å². The molecular weight excluding hydrogens is 324 g/mol. The molecule has 3 rings (SSSR count). The van der Waals surface area contributed by atoms with Crippen molar-refractivity contribution in [3.05, 3.63) is 65.2 Å². The molecule has 0 radical (unpaired) electrons. The van der Waals surface area contributed by atoms with Crippen molar-refractivity contribution in [1.29, 1.82) is 0 Å². The van der Waals surface area contributed by atoms with E-state index in [2.05, 4.69) is 46.0 Å². The van der Waals surface area contributed by atoms with Crippen molar-refractivity contribution < 1.29 is 9.53 Å². The van der Waals surface area contributed by atoms with E-state index < -0.39 is 13.9 Å². The highest BCUT2D eigenvalue weighted by atomic mass is 28.4. The summed E-state index contributed by atoms with van der Waals surface area (Å²) >= 11 is 0. The lowest BCUT2D eigenvalue weighted by atomic mass is 9.75. The molecule has 0 saturated carbocycles. The Morgan fingerprint density at radius 1 is 1.04 bits per heavy atom. The zero-order valence-electron chi connectivity index (χ0n) is 16.1. The zero-order chi connectivity index (χ0) is 18.3. The Kier molecular flexibility index (Phi) is 4.59. The molecule has 3 heteroatoms. The van der Waals surface area contributed by atoms with E-state index in [-0.39, 0.29) is 5.04 Å². The summed E-state index contributed by atoms with van der Waals surface area (Å²) in [4.78, 5) is 0. The Morgan fingerprint density at radius 2 is 1.72 bits per heavy atom. The number of rotatable bonds is 3. The van der Waals surface area contributed by atoms with Crippen LogP contribution >= 0.6 is 0 Å². The molecule has 2 aromatic rings. The summed E-state index contributed by atoms with van der Waals surface area (Å²) in [5.41, 5.74) is 2.35. The maximum atomic E-state index is 11.4. The molecule has 2 aromatic carbocycles. The fraction of sp³-hybridized carbons (Fsp3) is 0.455. The Bertz CT molecular complexity index is 746. The fourth-order valence-corrected chi connectivity index (χ4v) is 4.40. The monoisotopic (exact) mass is 354 g/mol. The van der Waals surface area contributed by atoms with Crippen LogP contribution in [0.25, 0.3) is 0 Å². The molecule has 0 aliphatic heterocycles. The van der Waals surface area contributed by atoms with Crippen molar-refractivity contribution in [3.63, 3.8) is 0 Å². The third kappa shape index (κ3) is 3.40. The molecule has 0 spiro atoms. The van der Waals surface area contributed by atoms with Gasteiger partial charge >= 0.3 is 0 Å². The van der Waals surface area contributed by atoms with E-state index in [1.54, 1.807) is 0 Å². The molecule has 0 saturated heterocycles. The van der Waals surface area contributed by atoms with Crippen LogP contribution in [0.1, 0.15) is 50.3 Å². The van der Waals surface area contributed by atoms with Gasteiger partial charge < -0.3 is 9.53 Å². The van der Waals surface area contributed by atoms with Crippen LogP contribution in [0.5, 0.6) is 5.75 Å². The summed E-state index contributed by atoms with van der Waals surface area (Å²) in [6.07, 6.45) is 2.76. The second kappa shape index (κ2) is 6.29. The molecule has 134 valence electrons. The highest BCUT2D eigenvalue weighted by Crippen LogP contribution is 2.43. The first-order valence-corrected chi connectivity index (χ1v) is 12.1. The van der Waals surface area contributed by atoms with E-state index in [4.69, 9.17) is 4.43 Å². The van der Waals surface area contributed by atoms with Gasteiger partial charge in [-0.3, -0.25) is 0 Å². The summed E-state index contributed by atoms with van der Waals surface area (Å²) in [5.74, 6) is 0.947. The Morgan fingerprint density at radius 3 is 2.36 bits per heavy atom. The van der Waals surface area contributed by atoms with E-state index in [1.165, 1.54) is 5.56 Å². The predicted molar refractivity (Wildman–Crippen MR) is 107 cm³/mol. The number of benzene rings is 2. The maximum Gasteiger partial charge on any atom is 0.250 e. The lowest BCUT2D eigenvalue weighted by molar-refractivity contribution is 0.0615. The lowest BCUT2D eigenvalue weighted by Gasteiger charge is -2.38. The Labute approximate surface area is 153 Å². The molecule has 1 aliphatic rings. The van der Waals surface area contributed by atoms with Crippen molar-refractivity contribution in [2.45, 2.75) is 63.8 Å². The summed E-state index contributed by atoms with van der Waals surface area (Å²) < 4.78 is 6.46. The molecule has 1 atom stereocenters. The fourth-order valence-electron chi connectivity index (χ4n) is 3.37. The van der Waals surface area contributed by atoms with Crippen LogP contribution in [0.4, 0.5) is 0 Å². The number of fused-ring (bicyclic) bond motifs is 1.